The van der Waals surface area contributed by atoms with Crippen LogP contribution >= 0.6 is 0 Å². The van der Waals surface area contributed by atoms with E-state index in [-0.39, 0.29) is 12.0 Å². The minimum absolute atomic E-state index is 0.0612. The van der Waals surface area contributed by atoms with Gasteiger partial charge in [0.1, 0.15) is 0 Å². The maximum absolute atomic E-state index is 9.03. The minimum Gasteiger partial charge on any atom is -0.396 e. The Morgan fingerprint density at radius 1 is 1.42 bits per heavy atom. The van der Waals surface area contributed by atoms with Crippen molar-refractivity contribution >= 4 is 0 Å². The van der Waals surface area contributed by atoms with Gasteiger partial charge in [0.15, 0.2) is 0 Å². The zero-order valence-electron chi connectivity index (χ0n) is 7.62. The summed E-state index contributed by atoms with van der Waals surface area (Å²) >= 11 is 0. The van der Waals surface area contributed by atoms with Gasteiger partial charge in [-0.15, -0.1) is 0 Å². The van der Waals surface area contributed by atoms with Gasteiger partial charge >= 0.3 is 0 Å². The fourth-order valence-electron chi connectivity index (χ4n) is 1.05. The summed E-state index contributed by atoms with van der Waals surface area (Å²) in [4.78, 5) is 4.20. The summed E-state index contributed by atoms with van der Waals surface area (Å²) in [7, 11) is 0. The van der Waals surface area contributed by atoms with Gasteiger partial charge in [0.05, 0.1) is 0 Å². The first-order valence-corrected chi connectivity index (χ1v) is 4.15. The number of nitrogens with zero attached hydrogens (tertiary/aromatic N) is 1. The lowest BCUT2D eigenvalue weighted by Crippen LogP contribution is -2.20. The number of pyridine rings is 1. The van der Waals surface area contributed by atoms with E-state index in [1.165, 1.54) is 0 Å². The van der Waals surface area contributed by atoms with Gasteiger partial charge in [-0.1, -0.05) is 19.9 Å². The highest BCUT2D eigenvalue weighted by Gasteiger charge is 2.17. The van der Waals surface area contributed by atoms with Crippen molar-refractivity contribution in [3.05, 3.63) is 30.1 Å². The molecule has 0 bridgehead atoms. The summed E-state index contributed by atoms with van der Waals surface area (Å²) in [5, 5.41) is 9.03. The lowest BCUT2D eigenvalue weighted by atomic mass is 9.89. The van der Waals surface area contributed by atoms with Gasteiger partial charge < -0.3 is 5.11 Å². The Kier molecular flexibility index (Phi) is 2.82. The van der Waals surface area contributed by atoms with Crippen molar-refractivity contribution < 1.29 is 5.11 Å². The molecule has 1 N–H and O–H groups in total. The van der Waals surface area contributed by atoms with E-state index in [1.54, 1.807) is 6.20 Å². The van der Waals surface area contributed by atoms with Crippen molar-refractivity contribution in [1.82, 2.24) is 4.98 Å². The highest BCUT2D eigenvalue weighted by Crippen LogP contribution is 2.18. The molecule has 0 saturated heterocycles. The van der Waals surface area contributed by atoms with Crippen LogP contribution in [0.15, 0.2) is 24.4 Å². The third-order valence-corrected chi connectivity index (χ3v) is 1.81. The van der Waals surface area contributed by atoms with Crippen molar-refractivity contribution in [3.8, 4) is 0 Å². The Bertz CT molecular complexity index is 231. The number of aliphatic hydroxyl groups excluding tert-OH is 1. The molecule has 2 nitrogen and oxygen atoms in total. The average molecular weight is 165 g/mol. The Hall–Kier alpha value is -0.890. The largest absolute Gasteiger partial charge is 0.396 e. The molecule has 2 heteroatoms. The zero-order chi connectivity index (χ0) is 9.03. The van der Waals surface area contributed by atoms with E-state index in [0.29, 0.717) is 0 Å². The molecule has 1 aromatic heterocycles. The molecule has 1 heterocycles. The average Bonchev–Trinajstić information content (AvgIpc) is 2.06. The number of rotatable bonds is 3. The van der Waals surface area contributed by atoms with E-state index in [0.717, 1.165) is 12.1 Å². The SMILES string of the molecule is CC(C)(CO)Cc1ccccn1. The van der Waals surface area contributed by atoms with Crippen LogP contribution in [-0.4, -0.2) is 16.7 Å². The Morgan fingerprint density at radius 2 is 2.17 bits per heavy atom. The van der Waals surface area contributed by atoms with Crippen LogP contribution in [0.4, 0.5) is 0 Å². The van der Waals surface area contributed by atoms with E-state index < -0.39 is 0 Å². The van der Waals surface area contributed by atoms with Crippen LogP contribution in [0.2, 0.25) is 0 Å². The van der Waals surface area contributed by atoms with Gasteiger partial charge in [-0.05, 0) is 24.0 Å². The van der Waals surface area contributed by atoms with E-state index in [1.807, 2.05) is 32.0 Å². The maximum atomic E-state index is 9.03. The van der Waals surface area contributed by atoms with Gasteiger partial charge in [-0.3, -0.25) is 4.98 Å². The smallest absolute Gasteiger partial charge is 0.0485 e. The molecule has 0 unspecified atom stereocenters. The fraction of sp³-hybridized carbons (Fsp3) is 0.500. The number of aliphatic hydroxyl groups is 1. The Balaban J connectivity index is 2.64. The maximum Gasteiger partial charge on any atom is 0.0485 e. The molecule has 0 radical (unpaired) electrons. The number of hydrogen-bond acceptors (Lipinski definition) is 2. The van der Waals surface area contributed by atoms with Crippen molar-refractivity contribution in [2.24, 2.45) is 5.41 Å². The first-order valence-electron chi connectivity index (χ1n) is 4.15. The standard InChI is InChI=1S/C10H15NO/c1-10(2,8-12)7-9-5-3-4-6-11-9/h3-6,12H,7-8H2,1-2H3. The van der Waals surface area contributed by atoms with Gasteiger partial charge in [-0.25, -0.2) is 0 Å². The van der Waals surface area contributed by atoms with Crippen molar-refractivity contribution in [2.45, 2.75) is 20.3 Å². The van der Waals surface area contributed by atoms with Crippen LogP contribution in [0, 0.1) is 5.41 Å². The molecule has 1 aromatic rings. The molecule has 0 atom stereocenters. The molecule has 0 aliphatic carbocycles. The van der Waals surface area contributed by atoms with Gasteiger partial charge in [0, 0.05) is 18.5 Å². The highest BCUT2D eigenvalue weighted by atomic mass is 16.3. The molecule has 66 valence electrons. The highest BCUT2D eigenvalue weighted by molar-refractivity contribution is 5.05. The van der Waals surface area contributed by atoms with Crippen molar-refractivity contribution in [3.63, 3.8) is 0 Å². The Labute approximate surface area is 73.3 Å². The van der Waals surface area contributed by atoms with E-state index >= 15 is 0 Å². The molecule has 0 amide bonds. The summed E-state index contributed by atoms with van der Waals surface area (Å²) in [5.41, 5.74) is 0.977. The summed E-state index contributed by atoms with van der Waals surface area (Å²) in [6.45, 7) is 4.26. The monoisotopic (exact) mass is 165 g/mol. The van der Waals surface area contributed by atoms with Gasteiger partial charge in [-0.2, -0.15) is 0 Å². The van der Waals surface area contributed by atoms with Crippen LogP contribution in [0.3, 0.4) is 0 Å². The molecule has 0 spiro atoms. The van der Waals surface area contributed by atoms with Crippen LogP contribution in [0.25, 0.3) is 0 Å². The predicted octanol–water partition coefficient (Wildman–Crippen LogP) is 1.64. The summed E-state index contributed by atoms with van der Waals surface area (Å²) in [5.74, 6) is 0. The molecule has 1 rings (SSSR count). The van der Waals surface area contributed by atoms with Crippen molar-refractivity contribution in [2.75, 3.05) is 6.61 Å². The van der Waals surface area contributed by atoms with Crippen LogP contribution < -0.4 is 0 Å². The lowest BCUT2D eigenvalue weighted by Gasteiger charge is -2.20. The molecule has 0 aromatic carbocycles. The lowest BCUT2D eigenvalue weighted by molar-refractivity contribution is 0.158. The summed E-state index contributed by atoms with van der Waals surface area (Å²) < 4.78 is 0. The third kappa shape index (κ3) is 2.62. The Morgan fingerprint density at radius 3 is 2.67 bits per heavy atom. The molecule has 0 aliphatic heterocycles. The molecule has 0 saturated carbocycles. The molecular formula is C10H15NO. The minimum atomic E-state index is -0.0612. The van der Waals surface area contributed by atoms with E-state index in [2.05, 4.69) is 4.98 Å². The fourth-order valence-corrected chi connectivity index (χ4v) is 1.05. The topological polar surface area (TPSA) is 33.1 Å². The zero-order valence-corrected chi connectivity index (χ0v) is 7.62. The van der Waals surface area contributed by atoms with Gasteiger partial charge in [0.2, 0.25) is 0 Å². The van der Waals surface area contributed by atoms with E-state index in [9.17, 15) is 0 Å². The third-order valence-electron chi connectivity index (χ3n) is 1.81. The van der Waals surface area contributed by atoms with E-state index in [4.69, 9.17) is 5.11 Å². The molecule has 0 aliphatic rings. The second-order valence-corrected chi connectivity index (χ2v) is 3.82. The number of aromatic nitrogens is 1. The quantitative estimate of drug-likeness (QED) is 0.738. The van der Waals surface area contributed by atoms with Crippen LogP contribution in [-0.2, 0) is 6.42 Å². The summed E-state index contributed by atoms with van der Waals surface area (Å²) in [6, 6.07) is 5.85. The molecular weight excluding hydrogens is 150 g/mol. The normalized spacial score (nSPS) is 11.6. The van der Waals surface area contributed by atoms with Crippen LogP contribution in [0.1, 0.15) is 19.5 Å². The first-order chi connectivity index (χ1) is 5.64. The second kappa shape index (κ2) is 3.68. The second-order valence-electron chi connectivity index (χ2n) is 3.82. The van der Waals surface area contributed by atoms with Crippen LogP contribution in [0.5, 0.6) is 0 Å². The number of hydrogen-bond donors (Lipinski definition) is 1. The summed E-state index contributed by atoms with van der Waals surface area (Å²) in [6.07, 6.45) is 2.60. The van der Waals surface area contributed by atoms with Crippen molar-refractivity contribution in [1.29, 1.82) is 0 Å². The van der Waals surface area contributed by atoms with Gasteiger partial charge in [0.25, 0.3) is 0 Å². The molecule has 12 heavy (non-hydrogen) atoms. The first kappa shape index (κ1) is 9.20. The predicted molar refractivity (Wildman–Crippen MR) is 48.8 cm³/mol. The molecule has 0 fully saturated rings.